The number of unbranched alkanes of at least 4 members (excludes halogenated alkanes) is 10. The zero-order valence-corrected chi connectivity index (χ0v) is 41.4. The van der Waals surface area contributed by atoms with Gasteiger partial charge in [-0.25, -0.2) is 0 Å². The smallest absolute Gasteiger partial charge is 0.306 e. The third-order valence-corrected chi connectivity index (χ3v) is 10.2. The molecule has 1 saturated heterocycles. The van der Waals surface area contributed by atoms with Crippen LogP contribution in [0.2, 0.25) is 0 Å². The molecule has 378 valence electrons. The van der Waals surface area contributed by atoms with Crippen molar-refractivity contribution in [1.29, 1.82) is 0 Å². The molecule has 0 aromatic rings. The van der Waals surface area contributed by atoms with Crippen molar-refractivity contribution in [3.8, 4) is 0 Å². The minimum Gasteiger partial charge on any atom is -0.463 e. The number of rotatable bonds is 37. The van der Waals surface area contributed by atoms with Gasteiger partial charge in [0.2, 0.25) is 0 Å². The van der Waals surface area contributed by atoms with Crippen molar-refractivity contribution in [2.75, 3.05) is 19.8 Å². The molecule has 0 aromatic heterocycles. The Kier molecular flexibility index (Phi) is 36.2. The molecule has 14 nitrogen and oxygen atoms in total. The SMILES string of the molecule is CC/C=C\C/C=C\C/C=C\CCCCCCCC(=O)OC[C@H](CO[C@@H]1O[C@H](COC(C)=O)[C@@H](OC(C)=O)[C@H](OC(C)=O)[C@H]1OC(C)=O)OC(=O)CCCCCCC/C=C\C/C=C\C/C=C\CC. The van der Waals surface area contributed by atoms with E-state index in [1.54, 1.807) is 0 Å². The lowest BCUT2D eigenvalue weighted by atomic mass is 9.98. The van der Waals surface area contributed by atoms with E-state index in [0.29, 0.717) is 12.8 Å². The molecular formula is C53H82O14. The average molecular weight is 943 g/mol. The van der Waals surface area contributed by atoms with Gasteiger partial charge in [-0.15, -0.1) is 0 Å². The van der Waals surface area contributed by atoms with Crippen molar-refractivity contribution in [1.82, 2.24) is 0 Å². The van der Waals surface area contributed by atoms with Crippen molar-refractivity contribution < 1.29 is 66.7 Å². The molecular weight excluding hydrogens is 861 g/mol. The Bertz CT molecular complexity index is 1580. The number of carbonyl (C=O) groups is 6. The summed E-state index contributed by atoms with van der Waals surface area (Å²) in [5, 5.41) is 0. The van der Waals surface area contributed by atoms with Crippen LogP contribution in [0.4, 0.5) is 0 Å². The summed E-state index contributed by atoms with van der Waals surface area (Å²) in [6, 6.07) is 0. The number of esters is 6. The van der Waals surface area contributed by atoms with Gasteiger partial charge in [-0.05, 0) is 77.0 Å². The van der Waals surface area contributed by atoms with Crippen molar-refractivity contribution in [3.05, 3.63) is 72.9 Å². The highest BCUT2D eigenvalue weighted by Gasteiger charge is 2.53. The lowest BCUT2D eigenvalue weighted by Crippen LogP contribution is -2.63. The van der Waals surface area contributed by atoms with Crippen LogP contribution in [0.5, 0.6) is 0 Å². The summed E-state index contributed by atoms with van der Waals surface area (Å²) in [4.78, 5) is 74.5. The van der Waals surface area contributed by atoms with E-state index in [1.807, 2.05) is 0 Å². The van der Waals surface area contributed by atoms with E-state index in [-0.39, 0.29) is 19.4 Å². The van der Waals surface area contributed by atoms with E-state index in [0.717, 1.165) is 124 Å². The Morgan fingerprint density at radius 3 is 1.39 bits per heavy atom. The quantitative estimate of drug-likeness (QED) is 0.0249. The van der Waals surface area contributed by atoms with E-state index in [9.17, 15) is 28.8 Å². The first-order valence-corrected chi connectivity index (χ1v) is 24.5. The van der Waals surface area contributed by atoms with Gasteiger partial charge in [0.05, 0.1) is 6.61 Å². The fraction of sp³-hybridized carbons (Fsp3) is 0.660. The van der Waals surface area contributed by atoms with Gasteiger partial charge >= 0.3 is 35.8 Å². The highest BCUT2D eigenvalue weighted by molar-refractivity contribution is 5.70. The third-order valence-electron chi connectivity index (χ3n) is 10.2. The molecule has 0 radical (unpaired) electrons. The fourth-order valence-electron chi connectivity index (χ4n) is 6.92. The second-order valence-electron chi connectivity index (χ2n) is 16.4. The first-order chi connectivity index (χ1) is 32.4. The monoisotopic (exact) mass is 943 g/mol. The van der Waals surface area contributed by atoms with Crippen LogP contribution in [0.25, 0.3) is 0 Å². The predicted octanol–water partition coefficient (Wildman–Crippen LogP) is 10.7. The largest absolute Gasteiger partial charge is 0.463 e. The summed E-state index contributed by atoms with van der Waals surface area (Å²) in [6.07, 6.45) is 35.4. The van der Waals surface area contributed by atoms with Crippen LogP contribution >= 0.6 is 0 Å². The molecule has 1 aliphatic heterocycles. The molecule has 14 heteroatoms. The topological polar surface area (TPSA) is 176 Å². The van der Waals surface area contributed by atoms with E-state index >= 15 is 0 Å². The standard InChI is InChI=1S/C53H82O14/c1-7-9-11-13-15-17-19-21-23-25-27-29-31-33-35-37-48(58)61-39-46(66-49(59)38-36-34-32-30-28-26-24-22-20-18-16-14-12-10-8-2)40-62-53-52(65-45(6)57)51(64-44(5)56)50(63-43(4)55)47(67-53)41-60-42(3)54/h9-12,15-18,21-24,46-47,50-53H,7-8,13-14,19-20,25-41H2,1-6H3/b11-9-,12-10-,17-15-,18-16-,23-21-,24-22-/t46-,47-,50-,51+,52-,53-/m1/s1. The van der Waals surface area contributed by atoms with Gasteiger partial charge in [0.1, 0.15) is 19.3 Å². The Morgan fingerprint density at radius 2 is 0.896 bits per heavy atom. The molecule has 0 unspecified atom stereocenters. The van der Waals surface area contributed by atoms with Crippen molar-refractivity contribution in [2.45, 2.75) is 207 Å². The van der Waals surface area contributed by atoms with Gasteiger partial charge in [0, 0.05) is 40.5 Å². The third kappa shape index (κ3) is 33.3. The van der Waals surface area contributed by atoms with E-state index in [2.05, 4.69) is 86.8 Å². The van der Waals surface area contributed by atoms with Crippen molar-refractivity contribution in [3.63, 3.8) is 0 Å². The minimum atomic E-state index is -1.50. The maximum absolute atomic E-state index is 13.1. The summed E-state index contributed by atoms with van der Waals surface area (Å²) in [6.45, 7) is 7.62. The van der Waals surface area contributed by atoms with Crippen LogP contribution < -0.4 is 0 Å². The van der Waals surface area contributed by atoms with Gasteiger partial charge in [-0.3, -0.25) is 28.8 Å². The number of carbonyl (C=O) groups excluding carboxylic acids is 6. The van der Waals surface area contributed by atoms with Gasteiger partial charge < -0.3 is 37.9 Å². The minimum absolute atomic E-state index is 0.132. The van der Waals surface area contributed by atoms with Gasteiger partial charge in [-0.1, -0.05) is 125 Å². The van der Waals surface area contributed by atoms with Gasteiger partial charge in [0.25, 0.3) is 0 Å². The Morgan fingerprint density at radius 1 is 0.463 bits per heavy atom. The Balaban J connectivity index is 2.87. The number of hydrogen-bond donors (Lipinski definition) is 0. The summed E-state index contributed by atoms with van der Waals surface area (Å²) < 4.78 is 45.0. The molecule has 1 heterocycles. The highest BCUT2D eigenvalue weighted by Crippen LogP contribution is 2.30. The second kappa shape index (κ2) is 40.3. The van der Waals surface area contributed by atoms with Crippen LogP contribution in [0.1, 0.15) is 170 Å². The van der Waals surface area contributed by atoms with Crippen LogP contribution in [0.15, 0.2) is 72.9 Å². The zero-order chi connectivity index (χ0) is 49.3. The second-order valence-corrected chi connectivity index (χ2v) is 16.4. The molecule has 1 rings (SSSR count). The van der Waals surface area contributed by atoms with Gasteiger partial charge in [0.15, 0.2) is 30.7 Å². The Labute approximate surface area is 400 Å². The maximum atomic E-state index is 13.1. The molecule has 0 saturated carbocycles. The predicted molar refractivity (Wildman–Crippen MR) is 257 cm³/mol. The molecule has 0 N–H and O–H groups in total. The first kappa shape index (κ1) is 60.2. The fourth-order valence-corrected chi connectivity index (χ4v) is 6.92. The van der Waals surface area contributed by atoms with Crippen LogP contribution in [0.3, 0.4) is 0 Å². The summed E-state index contributed by atoms with van der Waals surface area (Å²) in [5.74, 6) is -3.99. The van der Waals surface area contributed by atoms with Gasteiger partial charge in [-0.2, -0.15) is 0 Å². The summed E-state index contributed by atoms with van der Waals surface area (Å²) >= 11 is 0. The normalized spacial score (nSPS) is 19.2. The van der Waals surface area contributed by atoms with Crippen molar-refractivity contribution >= 4 is 35.8 Å². The van der Waals surface area contributed by atoms with Crippen LogP contribution in [-0.2, 0) is 66.7 Å². The highest BCUT2D eigenvalue weighted by atomic mass is 16.7. The lowest BCUT2D eigenvalue weighted by Gasteiger charge is -2.44. The molecule has 1 fully saturated rings. The van der Waals surface area contributed by atoms with Crippen LogP contribution in [-0.4, -0.2) is 92.4 Å². The van der Waals surface area contributed by atoms with Crippen molar-refractivity contribution in [2.24, 2.45) is 0 Å². The van der Waals surface area contributed by atoms with E-state index in [4.69, 9.17) is 37.9 Å². The molecule has 0 amide bonds. The molecule has 0 bridgehead atoms. The van der Waals surface area contributed by atoms with E-state index in [1.165, 1.54) is 6.92 Å². The van der Waals surface area contributed by atoms with Crippen LogP contribution in [0, 0.1) is 0 Å². The maximum Gasteiger partial charge on any atom is 0.306 e. The molecule has 0 spiro atoms. The first-order valence-electron chi connectivity index (χ1n) is 24.5. The summed E-state index contributed by atoms with van der Waals surface area (Å²) in [7, 11) is 0. The molecule has 0 aliphatic carbocycles. The molecule has 6 atom stereocenters. The molecule has 67 heavy (non-hydrogen) atoms. The van der Waals surface area contributed by atoms with E-state index < -0.39 is 85.8 Å². The summed E-state index contributed by atoms with van der Waals surface area (Å²) in [5.41, 5.74) is 0. The number of hydrogen-bond acceptors (Lipinski definition) is 14. The lowest BCUT2D eigenvalue weighted by molar-refractivity contribution is -0.311. The number of ether oxygens (including phenoxy) is 8. The molecule has 0 aromatic carbocycles. The Hall–Kier alpha value is -4.82. The average Bonchev–Trinajstić information content (AvgIpc) is 3.27. The number of allylic oxidation sites excluding steroid dienone is 12. The molecule has 1 aliphatic rings. The zero-order valence-electron chi connectivity index (χ0n) is 41.4.